The highest BCUT2D eigenvalue weighted by molar-refractivity contribution is 8.00. The number of aromatic amines is 1. The first kappa shape index (κ1) is 14.3. The maximum atomic E-state index is 11.9. The molecule has 0 fully saturated rings. The predicted octanol–water partition coefficient (Wildman–Crippen LogP) is 1.34. The van der Waals surface area contributed by atoms with Crippen molar-refractivity contribution in [2.75, 3.05) is 11.5 Å². The molecular formula is C14H14N6OS. The molecule has 0 radical (unpaired) electrons. The van der Waals surface area contributed by atoms with E-state index >= 15 is 0 Å². The number of carbonyl (C=O) groups is 1. The van der Waals surface area contributed by atoms with Crippen molar-refractivity contribution >= 4 is 34.8 Å². The maximum absolute atomic E-state index is 11.9. The molecule has 4 N–H and O–H groups in total. The average Bonchev–Trinajstić information content (AvgIpc) is 3.00. The van der Waals surface area contributed by atoms with Crippen LogP contribution in [-0.4, -0.2) is 31.6 Å². The van der Waals surface area contributed by atoms with Gasteiger partial charge >= 0.3 is 0 Å². The number of anilines is 1. The van der Waals surface area contributed by atoms with E-state index in [1.807, 2.05) is 30.3 Å². The third kappa shape index (κ3) is 3.34. The monoisotopic (exact) mass is 314 g/mol. The second-order valence-electron chi connectivity index (χ2n) is 4.54. The van der Waals surface area contributed by atoms with Crippen molar-refractivity contribution in [3.05, 3.63) is 42.2 Å². The summed E-state index contributed by atoms with van der Waals surface area (Å²) in [6.45, 7) is 0.506. The minimum atomic E-state index is -0.0706. The summed E-state index contributed by atoms with van der Waals surface area (Å²) in [6, 6.07) is 9.75. The van der Waals surface area contributed by atoms with E-state index in [0.29, 0.717) is 22.7 Å². The second kappa shape index (κ2) is 6.44. The Labute approximate surface area is 130 Å². The van der Waals surface area contributed by atoms with E-state index in [0.717, 1.165) is 5.56 Å². The van der Waals surface area contributed by atoms with Gasteiger partial charge in [-0.15, -0.1) is 0 Å². The lowest BCUT2D eigenvalue weighted by molar-refractivity contribution is -0.118. The number of hydrogen-bond donors (Lipinski definition) is 3. The Hall–Kier alpha value is -2.61. The minimum Gasteiger partial charge on any atom is -0.368 e. The van der Waals surface area contributed by atoms with Gasteiger partial charge in [0.1, 0.15) is 10.5 Å². The van der Waals surface area contributed by atoms with Crippen molar-refractivity contribution in [3.8, 4) is 0 Å². The number of amides is 1. The molecule has 3 rings (SSSR count). The molecular weight excluding hydrogens is 300 g/mol. The first-order chi connectivity index (χ1) is 10.7. The van der Waals surface area contributed by atoms with Crippen LogP contribution in [0.15, 0.2) is 41.7 Å². The van der Waals surface area contributed by atoms with Crippen LogP contribution in [0.2, 0.25) is 0 Å². The smallest absolute Gasteiger partial charge is 0.230 e. The van der Waals surface area contributed by atoms with Crippen LogP contribution >= 0.6 is 11.8 Å². The third-order valence-electron chi connectivity index (χ3n) is 2.94. The fraction of sp³-hybridized carbons (Fsp3) is 0.143. The fourth-order valence-electron chi connectivity index (χ4n) is 1.91. The minimum absolute atomic E-state index is 0.0706. The summed E-state index contributed by atoms with van der Waals surface area (Å²) < 4.78 is 0. The molecule has 8 heteroatoms. The number of nitrogens with one attached hydrogen (secondary N) is 2. The number of nitrogens with zero attached hydrogens (tertiary/aromatic N) is 3. The summed E-state index contributed by atoms with van der Waals surface area (Å²) in [5.41, 5.74) is 7.88. The lowest BCUT2D eigenvalue weighted by Crippen LogP contribution is -2.24. The summed E-state index contributed by atoms with van der Waals surface area (Å²) in [5, 5.41) is 3.49. The van der Waals surface area contributed by atoms with Crippen LogP contribution in [0.1, 0.15) is 5.56 Å². The Balaban J connectivity index is 1.59. The van der Waals surface area contributed by atoms with Crippen LogP contribution in [0.3, 0.4) is 0 Å². The van der Waals surface area contributed by atoms with Gasteiger partial charge in [-0.1, -0.05) is 42.1 Å². The quantitative estimate of drug-likeness (QED) is 0.484. The summed E-state index contributed by atoms with van der Waals surface area (Å²) >= 11 is 1.30. The highest BCUT2D eigenvalue weighted by atomic mass is 32.2. The van der Waals surface area contributed by atoms with Gasteiger partial charge in [0, 0.05) is 6.54 Å². The Morgan fingerprint density at radius 2 is 2.09 bits per heavy atom. The summed E-state index contributed by atoms with van der Waals surface area (Å²) in [4.78, 5) is 27.1. The highest BCUT2D eigenvalue weighted by Crippen LogP contribution is 2.23. The van der Waals surface area contributed by atoms with Crippen molar-refractivity contribution in [1.29, 1.82) is 0 Å². The normalized spacial score (nSPS) is 10.7. The average molecular weight is 314 g/mol. The second-order valence-corrected chi connectivity index (χ2v) is 5.50. The van der Waals surface area contributed by atoms with Gasteiger partial charge in [-0.25, -0.2) is 9.97 Å². The number of aromatic nitrogens is 4. The van der Waals surface area contributed by atoms with Crippen LogP contribution in [-0.2, 0) is 11.3 Å². The van der Waals surface area contributed by atoms with E-state index in [4.69, 9.17) is 5.73 Å². The van der Waals surface area contributed by atoms with E-state index in [1.165, 1.54) is 18.1 Å². The molecule has 0 unspecified atom stereocenters. The van der Waals surface area contributed by atoms with Gasteiger partial charge in [0.2, 0.25) is 11.9 Å². The Morgan fingerprint density at radius 3 is 2.91 bits per heavy atom. The van der Waals surface area contributed by atoms with Crippen LogP contribution < -0.4 is 11.1 Å². The van der Waals surface area contributed by atoms with Gasteiger partial charge in [0.05, 0.1) is 12.1 Å². The van der Waals surface area contributed by atoms with Gasteiger partial charge < -0.3 is 16.0 Å². The highest BCUT2D eigenvalue weighted by Gasteiger charge is 2.11. The van der Waals surface area contributed by atoms with Gasteiger partial charge in [0.25, 0.3) is 0 Å². The van der Waals surface area contributed by atoms with Gasteiger partial charge in [0.15, 0.2) is 5.65 Å². The molecule has 1 amide bonds. The van der Waals surface area contributed by atoms with Gasteiger partial charge in [-0.2, -0.15) is 4.98 Å². The van der Waals surface area contributed by atoms with Crippen LogP contribution in [0, 0.1) is 0 Å². The number of H-pyrrole nitrogens is 1. The van der Waals surface area contributed by atoms with Gasteiger partial charge in [-0.05, 0) is 5.56 Å². The lowest BCUT2D eigenvalue weighted by Gasteiger charge is -2.05. The van der Waals surface area contributed by atoms with E-state index < -0.39 is 0 Å². The zero-order valence-electron chi connectivity index (χ0n) is 11.6. The van der Waals surface area contributed by atoms with Crippen molar-refractivity contribution in [2.24, 2.45) is 0 Å². The Bertz CT molecular complexity index is 788. The zero-order chi connectivity index (χ0) is 15.4. The molecule has 0 atom stereocenters. The standard InChI is InChI=1S/C14H14N6OS/c15-14-19-12-11(17-8-18-12)13(20-14)22-7-10(21)16-6-9-4-2-1-3-5-9/h1-5,8H,6-7H2,(H,16,21)(H3,15,17,18,19,20). The number of fused-ring (bicyclic) bond motifs is 1. The number of nitrogens with two attached hydrogens (primary N) is 1. The van der Waals surface area contributed by atoms with Crippen molar-refractivity contribution in [3.63, 3.8) is 0 Å². The maximum Gasteiger partial charge on any atom is 0.230 e. The fourth-order valence-corrected chi connectivity index (χ4v) is 2.73. The number of hydrogen-bond acceptors (Lipinski definition) is 6. The largest absolute Gasteiger partial charge is 0.368 e. The molecule has 0 spiro atoms. The summed E-state index contributed by atoms with van der Waals surface area (Å²) in [6.07, 6.45) is 1.53. The molecule has 3 aromatic rings. The van der Waals surface area contributed by atoms with Crippen LogP contribution in [0.4, 0.5) is 5.95 Å². The summed E-state index contributed by atoms with van der Waals surface area (Å²) in [5.74, 6) is 0.322. The SMILES string of the molecule is Nc1nc(SCC(=O)NCc2ccccc2)c2[nH]cnc2n1. The zero-order valence-corrected chi connectivity index (χ0v) is 12.4. The predicted molar refractivity (Wildman–Crippen MR) is 85.1 cm³/mol. The van der Waals surface area contributed by atoms with E-state index in [1.54, 1.807) is 0 Å². The molecule has 112 valence electrons. The van der Waals surface area contributed by atoms with E-state index in [9.17, 15) is 4.79 Å². The van der Waals surface area contributed by atoms with E-state index in [-0.39, 0.29) is 17.6 Å². The number of benzene rings is 1. The topological polar surface area (TPSA) is 110 Å². The number of imidazole rings is 1. The molecule has 0 saturated carbocycles. The molecule has 0 aliphatic carbocycles. The number of nitrogen functional groups attached to an aromatic ring is 1. The lowest BCUT2D eigenvalue weighted by atomic mass is 10.2. The van der Waals surface area contributed by atoms with Crippen molar-refractivity contribution in [1.82, 2.24) is 25.3 Å². The molecule has 0 aliphatic heterocycles. The number of rotatable bonds is 5. The molecule has 2 heterocycles. The number of thioether (sulfide) groups is 1. The molecule has 0 saturated heterocycles. The molecule has 7 nitrogen and oxygen atoms in total. The van der Waals surface area contributed by atoms with Crippen LogP contribution in [0.25, 0.3) is 11.2 Å². The van der Waals surface area contributed by atoms with Crippen molar-refractivity contribution in [2.45, 2.75) is 11.6 Å². The molecule has 1 aromatic carbocycles. The summed E-state index contributed by atoms with van der Waals surface area (Å²) in [7, 11) is 0. The first-order valence-electron chi connectivity index (χ1n) is 6.62. The Morgan fingerprint density at radius 1 is 1.27 bits per heavy atom. The molecule has 22 heavy (non-hydrogen) atoms. The van der Waals surface area contributed by atoms with Crippen molar-refractivity contribution < 1.29 is 4.79 Å². The molecule has 0 aliphatic rings. The third-order valence-corrected chi connectivity index (χ3v) is 3.92. The Kier molecular flexibility index (Phi) is 4.19. The molecule has 0 bridgehead atoms. The van der Waals surface area contributed by atoms with Crippen LogP contribution in [0.5, 0.6) is 0 Å². The van der Waals surface area contributed by atoms with E-state index in [2.05, 4.69) is 25.3 Å². The van der Waals surface area contributed by atoms with Gasteiger partial charge in [-0.3, -0.25) is 4.79 Å². The first-order valence-corrected chi connectivity index (χ1v) is 7.61. The molecule has 2 aromatic heterocycles. The number of carbonyl (C=O) groups excluding carboxylic acids is 1.